The molecule has 0 atom stereocenters. The normalized spacial score (nSPS) is 11.3. The second kappa shape index (κ2) is 3.98. The molecule has 0 saturated heterocycles. The van der Waals surface area contributed by atoms with E-state index in [9.17, 15) is 0 Å². The maximum absolute atomic E-state index is 4.46. The molecule has 3 rings (SSSR count). The topological polar surface area (TPSA) is 35.6 Å². The molecule has 0 radical (unpaired) electrons. The van der Waals surface area contributed by atoms with Crippen molar-refractivity contribution in [2.24, 2.45) is 7.05 Å². The fraction of sp³-hybridized carbons (Fsp3) is 0.286. The van der Waals surface area contributed by atoms with E-state index in [2.05, 4.69) is 40.5 Å². The first kappa shape index (κ1) is 11.0. The van der Waals surface area contributed by atoms with Gasteiger partial charge in [0, 0.05) is 13.2 Å². The molecule has 4 heteroatoms. The van der Waals surface area contributed by atoms with Crippen molar-refractivity contribution in [3.8, 4) is 0 Å². The summed E-state index contributed by atoms with van der Waals surface area (Å²) in [5.74, 6) is 0. The van der Waals surface area contributed by atoms with E-state index in [0.29, 0.717) is 0 Å². The van der Waals surface area contributed by atoms with Gasteiger partial charge in [0.15, 0.2) is 0 Å². The Bertz CT molecular complexity index is 706. The number of benzene rings is 1. The predicted octanol–water partition coefficient (Wildman–Crippen LogP) is 2.43. The largest absolute Gasteiger partial charge is 0.336 e. The van der Waals surface area contributed by atoms with E-state index < -0.39 is 0 Å². The zero-order valence-corrected chi connectivity index (χ0v) is 10.9. The van der Waals surface area contributed by atoms with Gasteiger partial charge in [0.2, 0.25) is 0 Å². The van der Waals surface area contributed by atoms with Gasteiger partial charge in [0.05, 0.1) is 35.9 Å². The molecule has 0 aliphatic rings. The Labute approximate surface area is 106 Å². The number of hydrogen-bond donors (Lipinski definition) is 0. The molecule has 0 aliphatic carbocycles. The molecule has 2 aromatic heterocycles. The maximum atomic E-state index is 4.46. The highest BCUT2D eigenvalue weighted by atomic mass is 15.1. The van der Waals surface area contributed by atoms with E-state index in [1.54, 1.807) is 0 Å². The highest BCUT2D eigenvalue weighted by Gasteiger charge is 2.07. The van der Waals surface area contributed by atoms with E-state index >= 15 is 0 Å². The molecule has 0 saturated carbocycles. The van der Waals surface area contributed by atoms with Crippen LogP contribution in [0.25, 0.3) is 11.0 Å². The minimum Gasteiger partial charge on any atom is -0.336 e. The molecule has 18 heavy (non-hydrogen) atoms. The zero-order valence-electron chi connectivity index (χ0n) is 10.9. The molecule has 0 fully saturated rings. The van der Waals surface area contributed by atoms with E-state index in [0.717, 1.165) is 12.1 Å². The van der Waals surface area contributed by atoms with E-state index in [-0.39, 0.29) is 0 Å². The summed E-state index contributed by atoms with van der Waals surface area (Å²) in [6, 6.07) is 4.35. The van der Waals surface area contributed by atoms with Crippen LogP contribution in [0.5, 0.6) is 0 Å². The summed E-state index contributed by atoms with van der Waals surface area (Å²) in [7, 11) is 2.01. The molecular formula is C14H16N4. The lowest BCUT2D eigenvalue weighted by atomic mass is 10.1. The predicted molar refractivity (Wildman–Crippen MR) is 71.5 cm³/mol. The first-order chi connectivity index (χ1) is 8.65. The van der Waals surface area contributed by atoms with Crippen LogP contribution in [0.3, 0.4) is 0 Å². The van der Waals surface area contributed by atoms with Crippen molar-refractivity contribution < 1.29 is 0 Å². The second-order valence-corrected chi connectivity index (χ2v) is 4.79. The first-order valence-electron chi connectivity index (χ1n) is 6.02. The maximum Gasteiger partial charge on any atom is 0.0962 e. The van der Waals surface area contributed by atoms with Crippen molar-refractivity contribution in [2.75, 3.05) is 0 Å². The van der Waals surface area contributed by atoms with Crippen LogP contribution in [-0.2, 0) is 13.6 Å². The van der Waals surface area contributed by atoms with Gasteiger partial charge in [0.1, 0.15) is 0 Å². The number of fused-ring (bicyclic) bond motifs is 1. The lowest BCUT2D eigenvalue weighted by Gasteiger charge is -2.06. The lowest BCUT2D eigenvalue weighted by molar-refractivity contribution is 0.738. The van der Waals surface area contributed by atoms with Crippen LogP contribution in [-0.4, -0.2) is 19.1 Å². The number of aryl methyl sites for hydroxylation is 3. The molecule has 0 unspecified atom stereocenters. The van der Waals surface area contributed by atoms with Crippen LogP contribution in [0.1, 0.15) is 16.8 Å². The summed E-state index contributed by atoms with van der Waals surface area (Å²) >= 11 is 0. The average Bonchev–Trinajstić information content (AvgIpc) is 2.90. The fourth-order valence-electron chi connectivity index (χ4n) is 2.15. The Kier molecular flexibility index (Phi) is 2.44. The Morgan fingerprint density at radius 2 is 1.89 bits per heavy atom. The highest BCUT2D eigenvalue weighted by Crippen LogP contribution is 2.19. The van der Waals surface area contributed by atoms with Crippen LogP contribution < -0.4 is 0 Å². The van der Waals surface area contributed by atoms with Crippen molar-refractivity contribution in [3.05, 3.63) is 47.8 Å². The third-order valence-corrected chi connectivity index (χ3v) is 3.49. The molecule has 4 nitrogen and oxygen atoms in total. The van der Waals surface area contributed by atoms with Gasteiger partial charge in [-0.05, 0) is 37.1 Å². The Morgan fingerprint density at radius 3 is 2.61 bits per heavy atom. The molecule has 0 amide bonds. The zero-order chi connectivity index (χ0) is 12.7. The minimum absolute atomic E-state index is 0.801. The van der Waals surface area contributed by atoms with Gasteiger partial charge in [0.25, 0.3) is 0 Å². The van der Waals surface area contributed by atoms with E-state index in [4.69, 9.17) is 0 Å². The number of aromatic nitrogens is 4. The lowest BCUT2D eigenvalue weighted by Crippen LogP contribution is -2.03. The van der Waals surface area contributed by atoms with Gasteiger partial charge in [-0.3, -0.25) is 0 Å². The van der Waals surface area contributed by atoms with Crippen LogP contribution in [0.2, 0.25) is 0 Å². The Balaban J connectivity index is 2.08. The molecule has 92 valence electrons. The monoisotopic (exact) mass is 240 g/mol. The Morgan fingerprint density at radius 1 is 1.11 bits per heavy atom. The molecule has 2 heterocycles. The summed E-state index contributed by atoms with van der Waals surface area (Å²) < 4.78 is 4.20. The first-order valence-corrected chi connectivity index (χ1v) is 6.02. The number of rotatable bonds is 2. The number of imidazole rings is 2. The summed E-state index contributed by atoms with van der Waals surface area (Å²) in [4.78, 5) is 8.61. The fourth-order valence-corrected chi connectivity index (χ4v) is 2.15. The summed E-state index contributed by atoms with van der Waals surface area (Å²) in [6.07, 6.45) is 5.62. The van der Waals surface area contributed by atoms with Crippen LogP contribution in [0.15, 0.2) is 31.0 Å². The molecule has 0 N–H and O–H groups in total. The average molecular weight is 240 g/mol. The number of hydrogen-bond acceptors (Lipinski definition) is 2. The molecule has 0 aliphatic heterocycles. The van der Waals surface area contributed by atoms with Crippen molar-refractivity contribution >= 4 is 11.0 Å². The molecular weight excluding hydrogens is 224 g/mol. The van der Waals surface area contributed by atoms with Gasteiger partial charge >= 0.3 is 0 Å². The van der Waals surface area contributed by atoms with E-state index in [1.165, 1.54) is 22.3 Å². The van der Waals surface area contributed by atoms with Crippen molar-refractivity contribution in [1.29, 1.82) is 0 Å². The van der Waals surface area contributed by atoms with Gasteiger partial charge in [-0.15, -0.1) is 0 Å². The van der Waals surface area contributed by atoms with Crippen molar-refractivity contribution in [1.82, 2.24) is 19.1 Å². The molecule has 3 aromatic rings. The summed E-state index contributed by atoms with van der Waals surface area (Å²) in [6.45, 7) is 5.06. The SMILES string of the molecule is Cc1cc2ncn(Cc3cncn3C)c2cc1C. The second-order valence-electron chi connectivity index (χ2n) is 4.79. The Hall–Kier alpha value is -2.10. The van der Waals surface area contributed by atoms with E-state index in [1.807, 2.05) is 30.5 Å². The van der Waals surface area contributed by atoms with Crippen LogP contribution in [0, 0.1) is 13.8 Å². The molecule has 0 bridgehead atoms. The van der Waals surface area contributed by atoms with Crippen LogP contribution in [0.4, 0.5) is 0 Å². The molecule has 1 aromatic carbocycles. The van der Waals surface area contributed by atoms with Crippen LogP contribution >= 0.6 is 0 Å². The summed E-state index contributed by atoms with van der Waals surface area (Å²) in [5, 5.41) is 0. The quantitative estimate of drug-likeness (QED) is 0.689. The smallest absolute Gasteiger partial charge is 0.0962 e. The van der Waals surface area contributed by atoms with Crippen molar-refractivity contribution in [3.63, 3.8) is 0 Å². The van der Waals surface area contributed by atoms with Gasteiger partial charge in [-0.2, -0.15) is 0 Å². The third kappa shape index (κ3) is 1.70. The van der Waals surface area contributed by atoms with Crippen molar-refractivity contribution in [2.45, 2.75) is 20.4 Å². The van der Waals surface area contributed by atoms with Gasteiger partial charge < -0.3 is 9.13 Å². The van der Waals surface area contributed by atoms with Gasteiger partial charge in [-0.25, -0.2) is 9.97 Å². The summed E-state index contributed by atoms with van der Waals surface area (Å²) in [5.41, 5.74) is 6.00. The number of nitrogens with zero attached hydrogens (tertiary/aromatic N) is 4. The highest BCUT2D eigenvalue weighted by molar-refractivity contribution is 5.77. The third-order valence-electron chi connectivity index (χ3n) is 3.49. The molecule has 0 spiro atoms. The standard InChI is InChI=1S/C14H16N4/c1-10-4-13-14(5-11(10)2)18(9-16-13)7-12-6-15-8-17(12)3/h4-6,8-9H,7H2,1-3H3. The van der Waals surface area contributed by atoms with Gasteiger partial charge in [-0.1, -0.05) is 0 Å². The minimum atomic E-state index is 0.801.